The average molecular weight is 338 g/mol. The Labute approximate surface area is 142 Å². The highest BCUT2D eigenvalue weighted by atomic mass is 35.5. The molecule has 0 aliphatic carbocycles. The predicted octanol–water partition coefficient (Wildman–Crippen LogP) is 3.85. The lowest BCUT2D eigenvalue weighted by molar-refractivity contribution is -0.000977. The minimum atomic E-state index is 0.273. The van der Waals surface area contributed by atoms with Crippen molar-refractivity contribution in [3.8, 4) is 11.5 Å². The Balaban J connectivity index is 1.34. The fourth-order valence-corrected chi connectivity index (χ4v) is 4.37. The summed E-state index contributed by atoms with van der Waals surface area (Å²) in [6, 6.07) is 4.49. The first-order valence-electron chi connectivity index (χ1n) is 8.71. The Hall–Kier alpha value is -0.970. The number of benzene rings is 1. The molecule has 2 unspecified atom stereocenters. The molecule has 2 atom stereocenters. The first-order valence-corrected chi connectivity index (χ1v) is 9.09. The van der Waals surface area contributed by atoms with Crippen molar-refractivity contribution in [3.63, 3.8) is 0 Å². The number of rotatable bonds is 4. The summed E-state index contributed by atoms with van der Waals surface area (Å²) >= 11 is 6.32. The van der Waals surface area contributed by atoms with E-state index in [2.05, 4.69) is 4.90 Å². The van der Waals surface area contributed by atoms with Gasteiger partial charge in [0.15, 0.2) is 11.5 Å². The quantitative estimate of drug-likeness (QED) is 0.835. The summed E-state index contributed by atoms with van der Waals surface area (Å²) in [6.45, 7) is 4.19. The minimum absolute atomic E-state index is 0.273. The van der Waals surface area contributed by atoms with Crippen molar-refractivity contribution < 1.29 is 14.2 Å². The predicted molar refractivity (Wildman–Crippen MR) is 89.2 cm³/mol. The van der Waals surface area contributed by atoms with Crippen LogP contribution in [0.2, 0.25) is 5.02 Å². The maximum Gasteiger partial charge on any atom is 0.231 e. The van der Waals surface area contributed by atoms with Crippen LogP contribution in [-0.2, 0) is 11.3 Å². The summed E-state index contributed by atoms with van der Waals surface area (Å²) in [7, 11) is 0. The molecule has 2 fully saturated rings. The first-order chi connectivity index (χ1) is 11.3. The van der Waals surface area contributed by atoms with E-state index in [9.17, 15) is 0 Å². The molecule has 1 aromatic rings. The topological polar surface area (TPSA) is 30.9 Å². The maximum atomic E-state index is 6.32. The summed E-state index contributed by atoms with van der Waals surface area (Å²) in [5.74, 6) is 2.16. The molecule has 0 N–H and O–H groups in total. The van der Waals surface area contributed by atoms with Gasteiger partial charge in [-0.25, -0.2) is 0 Å². The monoisotopic (exact) mass is 337 g/mol. The van der Waals surface area contributed by atoms with Gasteiger partial charge >= 0.3 is 0 Å². The van der Waals surface area contributed by atoms with Crippen LogP contribution in [-0.4, -0.2) is 37.4 Å². The summed E-state index contributed by atoms with van der Waals surface area (Å²) in [5.41, 5.74) is 0.979. The van der Waals surface area contributed by atoms with E-state index in [-0.39, 0.29) is 6.79 Å². The molecule has 0 spiro atoms. The van der Waals surface area contributed by atoms with E-state index in [1.165, 1.54) is 45.2 Å². The van der Waals surface area contributed by atoms with E-state index in [0.717, 1.165) is 29.7 Å². The second kappa shape index (κ2) is 6.88. The summed E-state index contributed by atoms with van der Waals surface area (Å²) in [6.07, 6.45) is 6.65. The zero-order chi connectivity index (χ0) is 15.6. The average Bonchev–Trinajstić information content (AvgIpc) is 3.02. The van der Waals surface area contributed by atoms with Gasteiger partial charge in [-0.15, -0.1) is 0 Å². The third kappa shape index (κ3) is 3.30. The molecular weight excluding hydrogens is 314 g/mol. The molecule has 3 heterocycles. The van der Waals surface area contributed by atoms with Gasteiger partial charge in [0.1, 0.15) is 0 Å². The van der Waals surface area contributed by atoms with Crippen molar-refractivity contribution in [2.24, 2.45) is 5.92 Å². The van der Waals surface area contributed by atoms with E-state index in [1.807, 2.05) is 12.1 Å². The fraction of sp³-hybridized carbons (Fsp3) is 0.667. The molecule has 1 aromatic carbocycles. The van der Waals surface area contributed by atoms with Gasteiger partial charge in [0.2, 0.25) is 6.79 Å². The van der Waals surface area contributed by atoms with Crippen molar-refractivity contribution in [2.75, 3.05) is 26.5 Å². The van der Waals surface area contributed by atoms with Crippen LogP contribution in [0.5, 0.6) is 11.5 Å². The number of piperidine rings is 2. The van der Waals surface area contributed by atoms with Crippen LogP contribution in [0.15, 0.2) is 12.1 Å². The molecule has 5 heteroatoms. The lowest BCUT2D eigenvalue weighted by Crippen LogP contribution is -2.49. The largest absolute Gasteiger partial charge is 0.454 e. The minimum Gasteiger partial charge on any atom is -0.454 e. The SMILES string of the molecule is Clc1cc2c(cc1COCC1CCCN3CCCCC13)OCO2. The van der Waals surface area contributed by atoms with Gasteiger partial charge in [0.25, 0.3) is 0 Å². The third-order valence-electron chi connectivity index (χ3n) is 5.36. The lowest BCUT2D eigenvalue weighted by Gasteiger charge is -2.44. The maximum absolute atomic E-state index is 6.32. The highest BCUT2D eigenvalue weighted by molar-refractivity contribution is 6.31. The lowest BCUT2D eigenvalue weighted by atomic mass is 9.84. The Morgan fingerprint density at radius 1 is 1.09 bits per heavy atom. The van der Waals surface area contributed by atoms with Gasteiger partial charge in [-0.3, -0.25) is 0 Å². The molecule has 3 aliphatic rings. The van der Waals surface area contributed by atoms with Crippen LogP contribution in [0.3, 0.4) is 0 Å². The zero-order valence-electron chi connectivity index (χ0n) is 13.4. The molecule has 2 saturated heterocycles. The van der Waals surface area contributed by atoms with E-state index in [0.29, 0.717) is 17.5 Å². The van der Waals surface area contributed by atoms with E-state index < -0.39 is 0 Å². The highest BCUT2D eigenvalue weighted by Crippen LogP contribution is 2.37. The van der Waals surface area contributed by atoms with Crippen molar-refractivity contribution >= 4 is 11.6 Å². The molecule has 0 radical (unpaired) electrons. The van der Waals surface area contributed by atoms with Crippen molar-refractivity contribution in [3.05, 3.63) is 22.7 Å². The van der Waals surface area contributed by atoms with Crippen molar-refractivity contribution in [2.45, 2.75) is 44.8 Å². The fourth-order valence-electron chi connectivity index (χ4n) is 4.16. The van der Waals surface area contributed by atoms with Crippen LogP contribution >= 0.6 is 11.6 Å². The summed E-state index contributed by atoms with van der Waals surface area (Å²) in [4.78, 5) is 2.68. The molecule has 0 saturated carbocycles. The summed E-state index contributed by atoms with van der Waals surface area (Å²) < 4.78 is 16.8. The Bertz CT molecular complexity index is 563. The second-order valence-electron chi connectivity index (χ2n) is 6.81. The number of hydrogen-bond donors (Lipinski definition) is 0. The number of hydrogen-bond acceptors (Lipinski definition) is 4. The Morgan fingerprint density at radius 2 is 1.91 bits per heavy atom. The Morgan fingerprint density at radius 3 is 2.83 bits per heavy atom. The van der Waals surface area contributed by atoms with Crippen LogP contribution in [0.4, 0.5) is 0 Å². The molecule has 0 aromatic heterocycles. The molecule has 126 valence electrons. The van der Waals surface area contributed by atoms with Crippen LogP contribution < -0.4 is 9.47 Å². The van der Waals surface area contributed by atoms with E-state index in [1.54, 1.807) is 0 Å². The van der Waals surface area contributed by atoms with E-state index in [4.69, 9.17) is 25.8 Å². The second-order valence-corrected chi connectivity index (χ2v) is 7.22. The van der Waals surface area contributed by atoms with Crippen LogP contribution in [0.25, 0.3) is 0 Å². The van der Waals surface area contributed by atoms with Crippen LogP contribution in [0.1, 0.15) is 37.7 Å². The smallest absolute Gasteiger partial charge is 0.231 e. The standard InChI is InChI=1S/C18H24ClNO3/c19-15-9-18-17(22-12-23-18)8-14(15)11-21-10-13-4-3-7-20-6-2-1-5-16(13)20/h8-9,13,16H,1-7,10-12H2. The number of fused-ring (bicyclic) bond motifs is 2. The van der Waals surface area contributed by atoms with Gasteiger partial charge in [-0.1, -0.05) is 18.0 Å². The molecule has 4 nitrogen and oxygen atoms in total. The number of nitrogens with zero attached hydrogens (tertiary/aromatic N) is 1. The van der Waals surface area contributed by atoms with Gasteiger partial charge in [-0.05, 0) is 50.8 Å². The number of halogens is 1. The molecule has 0 amide bonds. The van der Waals surface area contributed by atoms with Gasteiger partial charge in [-0.2, -0.15) is 0 Å². The van der Waals surface area contributed by atoms with Gasteiger partial charge in [0.05, 0.1) is 18.2 Å². The van der Waals surface area contributed by atoms with Crippen molar-refractivity contribution in [1.82, 2.24) is 4.90 Å². The van der Waals surface area contributed by atoms with Crippen molar-refractivity contribution in [1.29, 1.82) is 0 Å². The van der Waals surface area contributed by atoms with Gasteiger partial charge < -0.3 is 19.1 Å². The Kier molecular flexibility index (Phi) is 4.65. The van der Waals surface area contributed by atoms with E-state index >= 15 is 0 Å². The van der Waals surface area contributed by atoms with Gasteiger partial charge in [0, 0.05) is 17.7 Å². The molecule has 3 aliphatic heterocycles. The molecule has 4 rings (SSSR count). The normalized spacial score (nSPS) is 27.0. The van der Waals surface area contributed by atoms with Crippen LogP contribution in [0, 0.1) is 5.92 Å². The molecule has 0 bridgehead atoms. The molecular formula is C18H24ClNO3. The zero-order valence-corrected chi connectivity index (χ0v) is 14.2. The first kappa shape index (κ1) is 15.6. The molecule has 23 heavy (non-hydrogen) atoms. The number of ether oxygens (including phenoxy) is 3. The third-order valence-corrected chi connectivity index (χ3v) is 5.71. The highest BCUT2D eigenvalue weighted by Gasteiger charge is 2.32. The summed E-state index contributed by atoms with van der Waals surface area (Å²) in [5, 5.41) is 0.692.